The lowest BCUT2D eigenvalue weighted by atomic mass is 9.99. The van der Waals surface area contributed by atoms with Gasteiger partial charge in [0, 0.05) is 12.6 Å². The highest BCUT2D eigenvalue weighted by Crippen LogP contribution is 2.15. The molecule has 1 aromatic carbocycles. The fraction of sp³-hybridized carbons (Fsp3) is 0.300. The lowest BCUT2D eigenvalue weighted by Crippen LogP contribution is -2.22. The molecule has 0 fully saturated rings. The molecular weight excluding hydrogens is 180 g/mol. The first kappa shape index (κ1) is 10.7. The molecule has 0 bridgehead atoms. The highest BCUT2D eigenvalue weighted by atomic mass is 16.4. The summed E-state index contributed by atoms with van der Waals surface area (Å²) in [6.45, 7) is 0.316. The Bertz CT molecular complexity index is 326. The molecule has 14 heavy (non-hydrogen) atoms. The highest BCUT2D eigenvalue weighted by molar-refractivity contribution is 5.70. The van der Waals surface area contributed by atoms with E-state index in [1.807, 2.05) is 12.1 Å². The van der Waals surface area contributed by atoms with E-state index < -0.39 is 5.97 Å². The predicted octanol–water partition coefficient (Wildman–Crippen LogP) is 0.272. The molecule has 0 amide bonds. The number of carboxylic acid groups (broad SMARTS) is 1. The Morgan fingerprint density at radius 3 is 2.64 bits per heavy atom. The summed E-state index contributed by atoms with van der Waals surface area (Å²) in [5, 5.41) is 8.67. The number of hydrogen-bond acceptors (Lipinski definition) is 3. The smallest absolute Gasteiger partial charge is 0.307 e. The van der Waals surface area contributed by atoms with Crippen LogP contribution in [0.5, 0.6) is 0 Å². The summed E-state index contributed by atoms with van der Waals surface area (Å²) < 4.78 is 0. The SMILES string of the molecule is NC[C@H](N)c1ccccc1CC(=O)O. The summed E-state index contributed by atoms with van der Waals surface area (Å²) in [5.41, 5.74) is 12.7. The minimum absolute atomic E-state index is 0.0100. The van der Waals surface area contributed by atoms with Crippen LogP contribution in [0.25, 0.3) is 0 Å². The molecule has 4 heteroatoms. The van der Waals surface area contributed by atoms with Crippen molar-refractivity contribution in [3.8, 4) is 0 Å². The molecule has 1 rings (SSSR count). The predicted molar refractivity (Wildman–Crippen MR) is 53.8 cm³/mol. The molecule has 0 saturated heterocycles. The first-order valence-corrected chi connectivity index (χ1v) is 4.40. The van der Waals surface area contributed by atoms with Crippen molar-refractivity contribution in [2.24, 2.45) is 11.5 Å². The standard InChI is InChI=1S/C10H14N2O2/c11-6-9(12)8-4-2-1-3-7(8)5-10(13)14/h1-4,9H,5-6,11-12H2,(H,13,14)/t9-/m0/s1. The molecule has 5 N–H and O–H groups in total. The fourth-order valence-electron chi connectivity index (χ4n) is 1.35. The van der Waals surface area contributed by atoms with Crippen LogP contribution in [0.2, 0.25) is 0 Å². The van der Waals surface area contributed by atoms with Crippen LogP contribution >= 0.6 is 0 Å². The molecule has 0 heterocycles. The molecule has 0 spiro atoms. The van der Waals surface area contributed by atoms with Gasteiger partial charge in [0.25, 0.3) is 0 Å². The van der Waals surface area contributed by atoms with Crippen LogP contribution in [0, 0.1) is 0 Å². The Labute approximate surface area is 82.5 Å². The summed E-state index contributed by atoms with van der Waals surface area (Å²) in [6.07, 6.45) is -0.0100. The molecule has 0 unspecified atom stereocenters. The molecule has 4 nitrogen and oxygen atoms in total. The molecule has 1 aromatic rings. The van der Waals surface area contributed by atoms with Gasteiger partial charge in [-0.05, 0) is 11.1 Å². The van der Waals surface area contributed by atoms with Crippen LogP contribution in [0.1, 0.15) is 17.2 Å². The molecule has 0 aromatic heterocycles. The van der Waals surface area contributed by atoms with E-state index in [0.717, 1.165) is 11.1 Å². The largest absolute Gasteiger partial charge is 0.481 e. The lowest BCUT2D eigenvalue weighted by molar-refractivity contribution is -0.136. The minimum atomic E-state index is -0.860. The maximum Gasteiger partial charge on any atom is 0.307 e. The van der Waals surface area contributed by atoms with Crippen molar-refractivity contribution in [1.82, 2.24) is 0 Å². The molecule has 0 radical (unpaired) electrons. The second-order valence-electron chi connectivity index (χ2n) is 3.11. The Morgan fingerprint density at radius 2 is 2.07 bits per heavy atom. The number of carboxylic acids is 1. The fourth-order valence-corrected chi connectivity index (χ4v) is 1.35. The Hall–Kier alpha value is -1.39. The van der Waals surface area contributed by atoms with Crippen molar-refractivity contribution in [3.63, 3.8) is 0 Å². The summed E-state index contributed by atoms with van der Waals surface area (Å²) in [5.74, 6) is -0.860. The highest BCUT2D eigenvalue weighted by Gasteiger charge is 2.10. The third-order valence-corrected chi connectivity index (χ3v) is 2.05. The van der Waals surface area contributed by atoms with Crippen LogP contribution in [0.3, 0.4) is 0 Å². The lowest BCUT2D eigenvalue weighted by Gasteiger charge is -2.13. The van der Waals surface area contributed by atoms with E-state index in [9.17, 15) is 4.79 Å². The molecular formula is C10H14N2O2. The first-order valence-electron chi connectivity index (χ1n) is 4.40. The minimum Gasteiger partial charge on any atom is -0.481 e. The maximum atomic E-state index is 10.6. The second kappa shape index (κ2) is 4.74. The average molecular weight is 194 g/mol. The van der Waals surface area contributed by atoms with Crippen molar-refractivity contribution in [2.75, 3.05) is 6.54 Å². The topological polar surface area (TPSA) is 89.3 Å². The van der Waals surface area contributed by atoms with E-state index >= 15 is 0 Å². The van der Waals surface area contributed by atoms with Crippen LogP contribution < -0.4 is 11.5 Å². The molecule has 0 aliphatic rings. The number of rotatable bonds is 4. The van der Waals surface area contributed by atoms with E-state index in [-0.39, 0.29) is 12.5 Å². The normalized spacial score (nSPS) is 12.4. The number of benzene rings is 1. The van der Waals surface area contributed by atoms with Crippen molar-refractivity contribution in [1.29, 1.82) is 0 Å². The zero-order valence-corrected chi connectivity index (χ0v) is 7.81. The average Bonchev–Trinajstić information content (AvgIpc) is 2.16. The quantitative estimate of drug-likeness (QED) is 0.642. The number of nitrogens with two attached hydrogens (primary N) is 2. The van der Waals surface area contributed by atoms with E-state index in [2.05, 4.69) is 0 Å². The van der Waals surface area contributed by atoms with Gasteiger partial charge in [0.05, 0.1) is 6.42 Å². The van der Waals surface area contributed by atoms with Gasteiger partial charge in [0.1, 0.15) is 0 Å². The molecule has 76 valence electrons. The Balaban J connectivity index is 2.96. The van der Waals surface area contributed by atoms with Crippen molar-refractivity contribution in [3.05, 3.63) is 35.4 Å². The number of carbonyl (C=O) groups is 1. The van der Waals surface area contributed by atoms with Gasteiger partial charge in [-0.15, -0.1) is 0 Å². The van der Waals surface area contributed by atoms with Crippen molar-refractivity contribution >= 4 is 5.97 Å². The summed E-state index contributed by atoms with van der Waals surface area (Å²) >= 11 is 0. The van der Waals surface area contributed by atoms with Gasteiger partial charge >= 0.3 is 5.97 Å². The maximum absolute atomic E-state index is 10.6. The Kier molecular flexibility index (Phi) is 3.62. The first-order chi connectivity index (χ1) is 6.65. The Morgan fingerprint density at radius 1 is 1.43 bits per heavy atom. The van der Waals surface area contributed by atoms with Gasteiger partial charge in [-0.3, -0.25) is 4.79 Å². The van der Waals surface area contributed by atoms with Gasteiger partial charge in [0.2, 0.25) is 0 Å². The van der Waals surface area contributed by atoms with E-state index in [1.54, 1.807) is 12.1 Å². The van der Waals surface area contributed by atoms with Crippen molar-refractivity contribution in [2.45, 2.75) is 12.5 Å². The van der Waals surface area contributed by atoms with Crippen LogP contribution in [0.15, 0.2) is 24.3 Å². The number of hydrogen-bond donors (Lipinski definition) is 3. The third-order valence-electron chi connectivity index (χ3n) is 2.05. The summed E-state index contributed by atoms with van der Waals surface area (Å²) in [7, 11) is 0. The van der Waals surface area contributed by atoms with E-state index in [0.29, 0.717) is 6.54 Å². The van der Waals surface area contributed by atoms with Crippen LogP contribution in [-0.4, -0.2) is 17.6 Å². The van der Waals surface area contributed by atoms with Gasteiger partial charge in [-0.25, -0.2) is 0 Å². The van der Waals surface area contributed by atoms with Gasteiger partial charge in [-0.2, -0.15) is 0 Å². The molecule has 1 atom stereocenters. The molecule has 0 aliphatic carbocycles. The zero-order chi connectivity index (χ0) is 10.6. The van der Waals surface area contributed by atoms with Crippen LogP contribution in [0.4, 0.5) is 0 Å². The molecule has 0 saturated carbocycles. The third kappa shape index (κ3) is 2.55. The van der Waals surface area contributed by atoms with Gasteiger partial charge in [-0.1, -0.05) is 24.3 Å². The van der Waals surface area contributed by atoms with Gasteiger partial charge < -0.3 is 16.6 Å². The van der Waals surface area contributed by atoms with Crippen molar-refractivity contribution < 1.29 is 9.90 Å². The molecule has 0 aliphatic heterocycles. The number of aliphatic carboxylic acids is 1. The second-order valence-corrected chi connectivity index (χ2v) is 3.11. The van der Waals surface area contributed by atoms with Crippen LogP contribution in [-0.2, 0) is 11.2 Å². The van der Waals surface area contributed by atoms with Gasteiger partial charge in [0.15, 0.2) is 0 Å². The zero-order valence-electron chi connectivity index (χ0n) is 7.81. The summed E-state index contributed by atoms with van der Waals surface area (Å²) in [4.78, 5) is 10.6. The van der Waals surface area contributed by atoms with E-state index in [1.165, 1.54) is 0 Å². The monoisotopic (exact) mass is 194 g/mol. The van der Waals surface area contributed by atoms with E-state index in [4.69, 9.17) is 16.6 Å². The summed E-state index contributed by atoms with van der Waals surface area (Å²) in [6, 6.07) is 6.92.